The van der Waals surface area contributed by atoms with Gasteiger partial charge < -0.3 is 0 Å². The third-order valence-electron chi connectivity index (χ3n) is 2.47. The number of rotatable bonds is 3. The summed E-state index contributed by atoms with van der Waals surface area (Å²) in [5.74, 6) is 0.501. The Labute approximate surface area is 73.5 Å². The quantitative estimate of drug-likeness (QED) is 0.399. The minimum absolute atomic E-state index is 0.275. The normalized spacial score (nSPS) is 23.5. The second-order valence-electron chi connectivity index (χ2n) is 3.45. The summed E-state index contributed by atoms with van der Waals surface area (Å²) >= 11 is 0. The smallest absolute Gasteiger partial charge is 0.103 e. The van der Waals surface area contributed by atoms with Crippen molar-refractivity contribution in [3.8, 4) is 0 Å². The van der Waals surface area contributed by atoms with E-state index in [2.05, 4.69) is 24.5 Å². The molecule has 2 nitrogen and oxygen atoms in total. The molecule has 0 amide bonds. The Bertz CT molecular complexity index is 194. The Balaban J connectivity index is 2.40. The molecule has 1 N–H and O–H groups in total. The first-order valence-corrected chi connectivity index (χ1v) is 4.33. The predicted molar refractivity (Wildman–Crippen MR) is 48.8 cm³/mol. The lowest BCUT2D eigenvalue weighted by molar-refractivity contribution is -0.235. The van der Waals surface area contributed by atoms with Gasteiger partial charge in [0.25, 0.3) is 0 Å². The van der Waals surface area contributed by atoms with Crippen molar-refractivity contribution in [1.29, 1.82) is 0 Å². The number of allylic oxidation sites excluding steroid dienone is 2. The molecule has 0 saturated carbocycles. The van der Waals surface area contributed by atoms with E-state index in [0.717, 1.165) is 24.8 Å². The summed E-state index contributed by atoms with van der Waals surface area (Å²) in [6.45, 7) is 6.31. The van der Waals surface area contributed by atoms with Crippen molar-refractivity contribution in [3.05, 3.63) is 23.8 Å². The maximum absolute atomic E-state index is 8.24. The van der Waals surface area contributed by atoms with Gasteiger partial charge in [-0.2, -0.15) is 0 Å². The Morgan fingerprint density at radius 3 is 3.08 bits per heavy atom. The molecule has 1 atom stereocenters. The highest BCUT2D eigenvalue weighted by molar-refractivity contribution is 5.11. The maximum Gasteiger partial charge on any atom is 0.103 e. The van der Waals surface area contributed by atoms with Crippen LogP contribution in [0.1, 0.15) is 26.2 Å². The predicted octanol–water partition coefficient (Wildman–Crippen LogP) is 2.78. The summed E-state index contributed by atoms with van der Waals surface area (Å²) in [5, 5.41) is 8.24. The van der Waals surface area contributed by atoms with E-state index in [1.54, 1.807) is 0 Å². The van der Waals surface area contributed by atoms with Crippen molar-refractivity contribution in [3.63, 3.8) is 0 Å². The van der Waals surface area contributed by atoms with Crippen molar-refractivity contribution in [1.82, 2.24) is 0 Å². The van der Waals surface area contributed by atoms with E-state index in [9.17, 15) is 0 Å². The molecule has 1 aliphatic rings. The van der Waals surface area contributed by atoms with Crippen molar-refractivity contribution >= 4 is 0 Å². The highest BCUT2D eigenvalue weighted by atomic mass is 17.1. The Morgan fingerprint density at radius 2 is 2.58 bits per heavy atom. The summed E-state index contributed by atoms with van der Waals surface area (Å²) in [7, 11) is 0. The second kappa shape index (κ2) is 4.43. The molecule has 0 aromatic rings. The van der Waals surface area contributed by atoms with E-state index in [4.69, 9.17) is 5.26 Å². The molecular formula is C10H16O2. The monoisotopic (exact) mass is 168 g/mol. The van der Waals surface area contributed by atoms with Gasteiger partial charge in [0.1, 0.15) is 6.61 Å². The first-order chi connectivity index (χ1) is 5.74. The van der Waals surface area contributed by atoms with E-state index in [-0.39, 0.29) is 6.61 Å². The van der Waals surface area contributed by atoms with E-state index in [1.165, 1.54) is 5.57 Å². The molecule has 0 fully saturated rings. The molecule has 0 bridgehead atoms. The molecule has 0 spiro atoms. The molecular weight excluding hydrogens is 152 g/mol. The van der Waals surface area contributed by atoms with Crippen LogP contribution in [0, 0.1) is 5.92 Å². The van der Waals surface area contributed by atoms with Gasteiger partial charge in [0, 0.05) is 0 Å². The van der Waals surface area contributed by atoms with Gasteiger partial charge in [-0.05, 0) is 37.7 Å². The fourth-order valence-electron chi connectivity index (χ4n) is 1.54. The Kier molecular flexibility index (Phi) is 3.50. The molecule has 0 aromatic heterocycles. The van der Waals surface area contributed by atoms with Crippen LogP contribution in [-0.2, 0) is 4.89 Å². The SMILES string of the molecule is C=C(COO)C1CC=C(C)CC1. The highest BCUT2D eigenvalue weighted by Crippen LogP contribution is 2.27. The number of hydrogen-bond acceptors (Lipinski definition) is 2. The van der Waals surface area contributed by atoms with Crippen LogP contribution < -0.4 is 0 Å². The molecule has 1 rings (SSSR count). The molecule has 12 heavy (non-hydrogen) atoms. The van der Waals surface area contributed by atoms with Crippen molar-refractivity contribution in [2.75, 3.05) is 6.61 Å². The van der Waals surface area contributed by atoms with Gasteiger partial charge in [-0.3, -0.25) is 5.26 Å². The van der Waals surface area contributed by atoms with Crippen molar-refractivity contribution in [2.24, 2.45) is 5.92 Å². The van der Waals surface area contributed by atoms with Crippen LogP contribution in [-0.4, -0.2) is 11.9 Å². The summed E-state index contributed by atoms with van der Waals surface area (Å²) in [6, 6.07) is 0. The van der Waals surface area contributed by atoms with Crippen LogP contribution in [0.25, 0.3) is 0 Å². The van der Waals surface area contributed by atoms with Crippen LogP contribution in [0.15, 0.2) is 23.8 Å². The average Bonchev–Trinajstić information content (AvgIpc) is 2.06. The molecule has 0 radical (unpaired) electrons. The van der Waals surface area contributed by atoms with E-state index < -0.39 is 0 Å². The summed E-state index contributed by atoms with van der Waals surface area (Å²) in [4.78, 5) is 4.06. The molecule has 1 unspecified atom stereocenters. The van der Waals surface area contributed by atoms with Crippen LogP contribution in [0.5, 0.6) is 0 Å². The fraction of sp³-hybridized carbons (Fsp3) is 0.600. The minimum atomic E-state index is 0.275. The average molecular weight is 168 g/mol. The lowest BCUT2D eigenvalue weighted by atomic mass is 9.86. The zero-order valence-corrected chi connectivity index (χ0v) is 7.55. The molecule has 68 valence electrons. The van der Waals surface area contributed by atoms with Gasteiger partial charge >= 0.3 is 0 Å². The molecule has 2 heteroatoms. The molecule has 1 aliphatic carbocycles. The van der Waals surface area contributed by atoms with E-state index in [1.807, 2.05) is 0 Å². The summed E-state index contributed by atoms with van der Waals surface area (Å²) in [6.07, 6.45) is 5.59. The lowest BCUT2D eigenvalue weighted by Gasteiger charge is -2.21. The molecule has 0 heterocycles. The van der Waals surface area contributed by atoms with Crippen LogP contribution in [0.2, 0.25) is 0 Å². The van der Waals surface area contributed by atoms with Gasteiger partial charge in [0.2, 0.25) is 0 Å². The van der Waals surface area contributed by atoms with Gasteiger partial charge in [-0.1, -0.05) is 18.2 Å². The third-order valence-corrected chi connectivity index (χ3v) is 2.47. The van der Waals surface area contributed by atoms with Crippen LogP contribution in [0.4, 0.5) is 0 Å². The Hall–Kier alpha value is -0.600. The fourth-order valence-corrected chi connectivity index (χ4v) is 1.54. The second-order valence-corrected chi connectivity index (χ2v) is 3.45. The third kappa shape index (κ3) is 2.47. The van der Waals surface area contributed by atoms with Crippen LogP contribution in [0.3, 0.4) is 0 Å². The topological polar surface area (TPSA) is 29.5 Å². The summed E-state index contributed by atoms with van der Waals surface area (Å²) in [5.41, 5.74) is 2.46. The lowest BCUT2D eigenvalue weighted by Crippen LogP contribution is -2.10. The standard InChI is InChI=1S/C10H16O2/c1-8-3-5-10(6-4-8)9(2)7-12-11/h3,10-11H,2,4-7H2,1H3. The van der Waals surface area contributed by atoms with Gasteiger partial charge in [0.05, 0.1) is 0 Å². The van der Waals surface area contributed by atoms with Crippen LogP contribution >= 0.6 is 0 Å². The van der Waals surface area contributed by atoms with Gasteiger partial charge in [0.15, 0.2) is 0 Å². The molecule has 0 saturated heterocycles. The maximum atomic E-state index is 8.24. The highest BCUT2D eigenvalue weighted by Gasteiger charge is 2.15. The zero-order valence-electron chi connectivity index (χ0n) is 7.55. The van der Waals surface area contributed by atoms with Gasteiger partial charge in [-0.15, -0.1) is 0 Å². The van der Waals surface area contributed by atoms with Crippen molar-refractivity contribution in [2.45, 2.75) is 26.2 Å². The first kappa shape index (κ1) is 9.49. The zero-order chi connectivity index (χ0) is 8.97. The number of hydrogen-bond donors (Lipinski definition) is 1. The van der Waals surface area contributed by atoms with Gasteiger partial charge in [-0.25, -0.2) is 4.89 Å². The molecule has 0 aliphatic heterocycles. The Morgan fingerprint density at radius 1 is 1.83 bits per heavy atom. The minimum Gasteiger partial charge on any atom is -0.251 e. The first-order valence-electron chi connectivity index (χ1n) is 4.33. The van der Waals surface area contributed by atoms with E-state index in [0.29, 0.717) is 5.92 Å². The van der Waals surface area contributed by atoms with E-state index >= 15 is 0 Å². The molecule has 0 aromatic carbocycles. The summed E-state index contributed by atoms with van der Waals surface area (Å²) < 4.78 is 0. The largest absolute Gasteiger partial charge is 0.251 e. The van der Waals surface area contributed by atoms with Crippen molar-refractivity contribution < 1.29 is 10.1 Å².